The monoisotopic (exact) mass is 194 g/mol. The predicted molar refractivity (Wildman–Crippen MR) is 48.6 cm³/mol. The van der Waals surface area contributed by atoms with Crippen molar-refractivity contribution in [3.63, 3.8) is 0 Å². The first-order valence-corrected chi connectivity index (χ1v) is 4.07. The number of ether oxygens (including phenoxy) is 2. The Balaban J connectivity index is 2.72. The van der Waals surface area contributed by atoms with Gasteiger partial charge in [0, 0.05) is 0 Å². The summed E-state index contributed by atoms with van der Waals surface area (Å²) in [6.07, 6.45) is 0. The first-order valence-electron chi connectivity index (χ1n) is 4.07. The SMILES string of the molecule is COc1cc(OC)n2nc(C)nc2n1. The van der Waals surface area contributed by atoms with Crippen LogP contribution in [-0.2, 0) is 0 Å². The molecular weight excluding hydrogens is 184 g/mol. The van der Waals surface area contributed by atoms with Gasteiger partial charge in [0.05, 0.1) is 20.3 Å². The van der Waals surface area contributed by atoms with Crippen LogP contribution >= 0.6 is 0 Å². The van der Waals surface area contributed by atoms with Crippen molar-refractivity contribution >= 4 is 5.78 Å². The average Bonchev–Trinajstić information content (AvgIpc) is 2.56. The number of hydrogen-bond acceptors (Lipinski definition) is 5. The second-order valence-electron chi connectivity index (χ2n) is 2.71. The second kappa shape index (κ2) is 3.13. The molecule has 2 rings (SSSR count). The molecule has 6 nitrogen and oxygen atoms in total. The molecule has 0 unspecified atom stereocenters. The first-order chi connectivity index (χ1) is 6.74. The predicted octanol–water partition coefficient (Wildman–Crippen LogP) is 0.450. The van der Waals surface area contributed by atoms with Gasteiger partial charge in [0.15, 0.2) is 0 Å². The molecule has 0 atom stereocenters. The van der Waals surface area contributed by atoms with Crippen LogP contribution < -0.4 is 9.47 Å². The van der Waals surface area contributed by atoms with Crippen LogP contribution in [0.3, 0.4) is 0 Å². The Kier molecular flexibility index (Phi) is 1.95. The lowest BCUT2D eigenvalue weighted by atomic mass is 10.6. The number of methoxy groups -OCH3 is 2. The normalized spacial score (nSPS) is 10.5. The summed E-state index contributed by atoms with van der Waals surface area (Å²) in [5.41, 5.74) is 0. The minimum Gasteiger partial charge on any atom is -0.481 e. The number of hydrogen-bond donors (Lipinski definition) is 0. The molecule has 0 bridgehead atoms. The largest absolute Gasteiger partial charge is 0.481 e. The van der Waals surface area contributed by atoms with Gasteiger partial charge in [-0.3, -0.25) is 0 Å². The topological polar surface area (TPSA) is 61.5 Å². The highest BCUT2D eigenvalue weighted by Crippen LogP contribution is 2.17. The molecule has 0 radical (unpaired) electrons. The van der Waals surface area contributed by atoms with E-state index < -0.39 is 0 Å². The Hall–Kier alpha value is -1.85. The molecule has 2 heterocycles. The molecular formula is C8H10N4O2. The number of aryl methyl sites for hydroxylation is 1. The van der Waals surface area contributed by atoms with Crippen molar-refractivity contribution in [2.45, 2.75) is 6.92 Å². The van der Waals surface area contributed by atoms with Crippen LogP contribution in [-0.4, -0.2) is 33.8 Å². The maximum Gasteiger partial charge on any atom is 0.258 e. The Morgan fingerprint density at radius 1 is 1.21 bits per heavy atom. The molecule has 0 amide bonds. The molecule has 14 heavy (non-hydrogen) atoms. The van der Waals surface area contributed by atoms with Crippen LogP contribution in [0.15, 0.2) is 6.07 Å². The number of aromatic nitrogens is 4. The third kappa shape index (κ3) is 1.24. The van der Waals surface area contributed by atoms with Crippen molar-refractivity contribution in [2.75, 3.05) is 14.2 Å². The van der Waals surface area contributed by atoms with Gasteiger partial charge >= 0.3 is 0 Å². The number of nitrogens with zero attached hydrogens (tertiary/aromatic N) is 4. The Morgan fingerprint density at radius 3 is 2.64 bits per heavy atom. The summed E-state index contributed by atoms with van der Waals surface area (Å²) in [6.45, 7) is 1.79. The van der Waals surface area contributed by atoms with Crippen LogP contribution in [0, 0.1) is 6.92 Å². The van der Waals surface area contributed by atoms with E-state index in [0.29, 0.717) is 23.4 Å². The van der Waals surface area contributed by atoms with Gasteiger partial charge in [0.1, 0.15) is 5.82 Å². The molecule has 6 heteroatoms. The summed E-state index contributed by atoms with van der Waals surface area (Å²) in [6, 6.07) is 1.65. The standard InChI is InChI=1S/C8H10N4O2/c1-5-9-8-10-6(13-2)4-7(14-3)12(8)11-5/h4H,1-3H3. The fourth-order valence-electron chi connectivity index (χ4n) is 1.17. The number of fused-ring (bicyclic) bond motifs is 1. The van der Waals surface area contributed by atoms with Gasteiger partial charge in [-0.1, -0.05) is 0 Å². The lowest BCUT2D eigenvalue weighted by molar-refractivity contribution is 0.365. The zero-order chi connectivity index (χ0) is 10.1. The molecule has 0 spiro atoms. The summed E-state index contributed by atoms with van der Waals surface area (Å²) in [5.74, 6) is 2.12. The molecule has 0 N–H and O–H groups in total. The van der Waals surface area contributed by atoms with Gasteiger partial charge in [0.2, 0.25) is 11.8 Å². The fraction of sp³-hybridized carbons (Fsp3) is 0.375. The first kappa shape index (κ1) is 8.74. The maximum absolute atomic E-state index is 5.12. The van der Waals surface area contributed by atoms with E-state index in [1.54, 1.807) is 27.2 Å². The van der Waals surface area contributed by atoms with E-state index in [4.69, 9.17) is 9.47 Å². The molecule has 0 saturated carbocycles. The van der Waals surface area contributed by atoms with Gasteiger partial charge in [-0.25, -0.2) is 0 Å². The zero-order valence-corrected chi connectivity index (χ0v) is 8.18. The number of rotatable bonds is 2. The molecule has 0 aliphatic rings. The molecule has 0 fully saturated rings. The van der Waals surface area contributed by atoms with Crippen LogP contribution in [0.5, 0.6) is 11.8 Å². The van der Waals surface area contributed by atoms with Gasteiger partial charge in [0.25, 0.3) is 5.78 Å². The lowest BCUT2D eigenvalue weighted by Gasteiger charge is -2.03. The highest BCUT2D eigenvalue weighted by molar-refractivity contribution is 5.36. The van der Waals surface area contributed by atoms with E-state index in [0.717, 1.165) is 0 Å². The van der Waals surface area contributed by atoms with Gasteiger partial charge in [-0.2, -0.15) is 14.5 Å². The van der Waals surface area contributed by atoms with Crippen molar-refractivity contribution < 1.29 is 9.47 Å². The summed E-state index contributed by atoms with van der Waals surface area (Å²) < 4.78 is 11.7. The van der Waals surface area contributed by atoms with Crippen LogP contribution in [0.2, 0.25) is 0 Å². The molecule has 2 aromatic rings. The van der Waals surface area contributed by atoms with Crippen molar-refractivity contribution in [3.05, 3.63) is 11.9 Å². The van der Waals surface area contributed by atoms with Gasteiger partial charge in [-0.05, 0) is 6.92 Å². The van der Waals surface area contributed by atoms with E-state index in [9.17, 15) is 0 Å². The Morgan fingerprint density at radius 2 is 2.00 bits per heavy atom. The van der Waals surface area contributed by atoms with Crippen LogP contribution in [0.25, 0.3) is 5.78 Å². The third-order valence-corrected chi connectivity index (χ3v) is 1.78. The van der Waals surface area contributed by atoms with Crippen molar-refractivity contribution in [1.82, 2.24) is 19.6 Å². The van der Waals surface area contributed by atoms with Gasteiger partial charge < -0.3 is 9.47 Å². The highest BCUT2D eigenvalue weighted by atomic mass is 16.5. The summed E-state index contributed by atoms with van der Waals surface area (Å²) >= 11 is 0. The van der Waals surface area contributed by atoms with Crippen molar-refractivity contribution in [3.8, 4) is 11.8 Å². The second-order valence-corrected chi connectivity index (χ2v) is 2.71. The molecule has 0 aromatic carbocycles. The summed E-state index contributed by atoms with van der Waals surface area (Å²) in [4.78, 5) is 8.22. The van der Waals surface area contributed by atoms with E-state index >= 15 is 0 Å². The third-order valence-electron chi connectivity index (χ3n) is 1.78. The smallest absolute Gasteiger partial charge is 0.258 e. The average molecular weight is 194 g/mol. The Labute approximate surface area is 80.5 Å². The quantitative estimate of drug-likeness (QED) is 0.694. The van der Waals surface area contributed by atoms with Crippen molar-refractivity contribution in [1.29, 1.82) is 0 Å². The minimum absolute atomic E-state index is 0.460. The minimum atomic E-state index is 0.460. The molecule has 0 aliphatic carbocycles. The fourth-order valence-corrected chi connectivity index (χ4v) is 1.17. The van der Waals surface area contributed by atoms with E-state index in [1.165, 1.54) is 4.52 Å². The molecule has 0 saturated heterocycles. The van der Waals surface area contributed by atoms with Crippen molar-refractivity contribution in [2.24, 2.45) is 0 Å². The van der Waals surface area contributed by atoms with E-state index in [2.05, 4.69) is 15.1 Å². The van der Waals surface area contributed by atoms with Crippen LogP contribution in [0.4, 0.5) is 0 Å². The highest BCUT2D eigenvalue weighted by Gasteiger charge is 2.09. The summed E-state index contributed by atoms with van der Waals surface area (Å²) in [5, 5.41) is 4.12. The Bertz CT molecular complexity index is 466. The van der Waals surface area contributed by atoms with E-state index in [-0.39, 0.29) is 0 Å². The van der Waals surface area contributed by atoms with Crippen LogP contribution in [0.1, 0.15) is 5.82 Å². The molecule has 2 aromatic heterocycles. The lowest BCUT2D eigenvalue weighted by Crippen LogP contribution is -1.99. The zero-order valence-electron chi connectivity index (χ0n) is 8.18. The molecule has 0 aliphatic heterocycles. The summed E-state index contributed by atoms with van der Waals surface area (Å²) in [7, 11) is 3.10. The van der Waals surface area contributed by atoms with Gasteiger partial charge in [-0.15, -0.1) is 5.10 Å². The molecule has 74 valence electrons. The maximum atomic E-state index is 5.12. The van der Waals surface area contributed by atoms with E-state index in [1.807, 2.05) is 0 Å².